The molecule has 90 valence electrons. The number of aryl methyl sites for hydroxylation is 2. The predicted molar refractivity (Wildman–Crippen MR) is 69.2 cm³/mol. The van der Waals surface area contributed by atoms with E-state index in [4.69, 9.17) is 0 Å². The molecule has 1 aromatic heterocycles. The van der Waals surface area contributed by atoms with Gasteiger partial charge in [-0.05, 0) is 12.8 Å². The average Bonchev–Trinajstić information content (AvgIpc) is 2.85. The lowest BCUT2D eigenvalue weighted by atomic mass is 10.2. The molecule has 2 heterocycles. The third-order valence-electron chi connectivity index (χ3n) is 1.85. The average molecular weight is 212 g/mol. The van der Waals surface area contributed by atoms with Crippen LogP contribution in [-0.4, -0.2) is 9.55 Å². The van der Waals surface area contributed by atoms with Crippen molar-refractivity contribution in [2.75, 3.05) is 0 Å². The maximum Gasteiger partial charge on any atom is 0.108 e. The van der Waals surface area contributed by atoms with Gasteiger partial charge in [-0.15, -0.1) is 0 Å². The molecule has 0 bridgehead atoms. The van der Waals surface area contributed by atoms with Crippen LogP contribution in [0.1, 0.15) is 60.2 Å². The van der Waals surface area contributed by atoms with Crippen molar-refractivity contribution in [1.29, 1.82) is 0 Å². The molecule has 0 unspecified atom stereocenters. The van der Waals surface area contributed by atoms with Gasteiger partial charge in [0.2, 0.25) is 0 Å². The summed E-state index contributed by atoms with van der Waals surface area (Å²) in [6.45, 7) is 13.2. The maximum atomic E-state index is 4.22. The van der Waals surface area contributed by atoms with E-state index in [2.05, 4.69) is 15.7 Å². The first-order valence-electron chi connectivity index (χ1n) is 6.47. The van der Waals surface area contributed by atoms with E-state index in [1.165, 1.54) is 31.6 Å². The molecule has 0 saturated heterocycles. The Morgan fingerprint density at radius 1 is 1.00 bits per heavy atom. The van der Waals surface area contributed by atoms with Gasteiger partial charge in [-0.2, -0.15) is 0 Å². The minimum Gasteiger partial charge on any atom is -0.335 e. The minimum atomic E-state index is 1.17. The lowest BCUT2D eigenvalue weighted by Crippen LogP contribution is -2.08. The highest BCUT2D eigenvalue weighted by Gasteiger charge is 2.06. The molecule has 15 heavy (non-hydrogen) atoms. The molecule has 0 fully saturated rings. The van der Waals surface area contributed by atoms with Crippen molar-refractivity contribution in [3.8, 4) is 0 Å². The Balaban J connectivity index is 0. The van der Waals surface area contributed by atoms with Crippen molar-refractivity contribution in [1.82, 2.24) is 9.55 Å². The van der Waals surface area contributed by atoms with Gasteiger partial charge >= 0.3 is 0 Å². The predicted octanol–water partition coefficient (Wildman–Crippen LogP) is 4.30. The molecule has 2 rings (SSSR count). The first-order valence-corrected chi connectivity index (χ1v) is 6.47. The first-order chi connectivity index (χ1) is 7.47. The van der Waals surface area contributed by atoms with E-state index in [1.54, 1.807) is 0 Å². The van der Waals surface area contributed by atoms with Crippen molar-refractivity contribution < 1.29 is 0 Å². The van der Waals surface area contributed by atoms with Crippen LogP contribution in [0, 0.1) is 0 Å². The van der Waals surface area contributed by atoms with Crippen molar-refractivity contribution in [3.05, 3.63) is 18.2 Å². The number of hydrogen-bond acceptors (Lipinski definition) is 1. The van der Waals surface area contributed by atoms with Crippen molar-refractivity contribution in [3.63, 3.8) is 0 Å². The van der Waals surface area contributed by atoms with Crippen LogP contribution in [-0.2, 0) is 13.0 Å². The zero-order valence-corrected chi connectivity index (χ0v) is 11.4. The van der Waals surface area contributed by atoms with E-state index in [0.29, 0.717) is 0 Å². The SMILES string of the molecule is CC.CC.CC.c1cn2c(n1)CCCC2. The molecule has 1 aromatic rings. The van der Waals surface area contributed by atoms with Crippen LogP contribution in [0.15, 0.2) is 12.4 Å². The summed E-state index contributed by atoms with van der Waals surface area (Å²) in [5.74, 6) is 1.27. The molecule has 1 aliphatic rings. The van der Waals surface area contributed by atoms with E-state index in [1.807, 2.05) is 47.7 Å². The molecule has 0 atom stereocenters. The van der Waals surface area contributed by atoms with Gasteiger partial charge < -0.3 is 4.57 Å². The van der Waals surface area contributed by atoms with Crippen LogP contribution in [0.2, 0.25) is 0 Å². The number of nitrogens with zero attached hydrogens (tertiary/aromatic N) is 2. The fourth-order valence-corrected chi connectivity index (χ4v) is 1.34. The molecule has 0 aliphatic carbocycles. The third kappa shape index (κ3) is 6.32. The molecular formula is C13H28N2. The molecular weight excluding hydrogens is 184 g/mol. The fourth-order valence-electron chi connectivity index (χ4n) is 1.34. The molecule has 0 aromatic carbocycles. The van der Waals surface area contributed by atoms with Gasteiger partial charge in [0.15, 0.2) is 0 Å². The smallest absolute Gasteiger partial charge is 0.108 e. The first kappa shape index (κ1) is 16.6. The number of aromatic nitrogens is 2. The second-order valence-corrected chi connectivity index (χ2v) is 2.49. The van der Waals surface area contributed by atoms with Gasteiger partial charge in [0, 0.05) is 25.4 Å². The highest BCUT2D eigenvalue weighted by molar-refractivity contribution is 4.94. The third-order valence-corrected chi connectivity index (χ3v) is 1.85. The van der Waals surface area contributed by atoms with Crippen molar-refractivity contribution in [2.45, 2.75) is 67.3 Å². The largest absolute Gasteiger partial charge is 0.335 e. The zero-order valence-electron chi connectivity index (χ0n) is 11.4. The van der Waals surface area contributed by atoms with E-state index >= 15 is 0 Å². The van der Waals surface area contributed by atoms with E-state index in [-0.39, 0.29) is 0 Å². The lowest BCUT2D eigenvalue weighted by molar-refractivity contribution is 0.522. The maximum absolute atomic E-state index is 4.22. The van der Waals surface area contributed by atoms with Gasteiger partial charge in [0.1, 0.15) is 5.82 Å². The lowest BCUT2D eigenvalue weighted by Gasteiger charge is -2.11. The van der Waals surface area contributed by atoms with Gasteiger partial charge in [-0.1, -0.05) is 41.5 Å². The number of fused-ring (bicyclic) bond motifs is 1. The zero-order chi connectivity index (χ0) is 12.1. The number of rotatable bonds is 0. The molecule has 0 N–H and O–H groups in total. The monoisotopic (exact) mass is 212 g/mol. The van der Waals surface area contributed by atoms with Crippen LogP contribution in [0.5, 0.6) is 0 Å². The molecule has 1 aliphatic heterocycles. The minimum absolute atomic E-state index is 1.17. The second-order valence-electron chi connectivity index (χ2n) is 2.49. The topological polar surface area (TPSA) is 17.8 Å². The summed E-state index contributed by atoms with van der Waals surface area (Å²) in [6.07, 6.45) is 7.77. The van der Waals surface area contributed by atoms with Gasteiger partial charge in [0.25, 0.3) is 0 Å². The van der Waals surface area contributed by atoms with E-state index in [0.717, 1.165) is 0 Å². The number of hydrogen-bond donors (Lipinski definition) is 0. The highest BCUT2D eigenvalue weighted by atomic mass is 15.1. The van der Waals surface area contributed by atoms with Crippen LogP contribution in [0.25, 0.3) is 0 Å². The molecule has 0 amide bonds. The summed E-state index contributed by atoms with van der Waals surface area (Å²) >= 11 is 0. The van der Waals surface area contributed by atoms with Gasteiger partial charge in [-0.25, -0.2) is 4.98 Å². The molecule has 2 heteroatoms. The van der Waals surface area contributed by atoms with E-state index in [9.17, 15) is 0 Å². The summed E-state index contributed by atoms with van der Waals surface area (Å²) in [5.41, 5.74) is 0. The summed E-state index contributed by atoms with van der Waals surface area (Å²) in [5, 5.41) is 0. The normalized spacial score (nSPS) is 11.6. The molecule has 0 saturated carbocycles. The second kappa shape index (κ2) is 13.2. The van der Waals surface area contributed by atoms with Crippen molar-refractivity contribution >= 4 is 0 Å². The standard InChI is InChI=1S/C7H10N2.3C2H6/c1-2-5-9-6-4-8-7(9)3-1;3*1-2/h4,6H,1-3,5H2;3*1-2H3. The van der Waals surface area contributed by atoms with Crippen LogP contribution in [0.3, 0.4) is 0 Å². The van der Waals surface area contributed by atoms with Crippen LogP contribution in [0.4, 0.5) is 0 Å². The van der Waals surface area contributed by atoms with Gasteiger partial charge in [0.05, 0.1) is 0 Å². The van der Waals surface area contributed by atoms with Crippen LogP contribution < -0.4 is 0 Å². The number of imidazole rings is 1. The fraction of sp³-hybridized carbons (Fsp3) is 0.769. The summed E-state index contributed by atoms with van der Waals surface area (Å²) in [4.78, 5) is 4.22. The Morgan fingerprint density at radius 3 is 2.13 bits per heavy atom. The van der Waals surface area contributed by atoms with E-state index < -0.39 is 0 Å². The summed E-state index contributed by atoms with van der Waals surface area (Å²) in [7, 11) is 0. The quantitative estimate of drug-likeness (QED) is 0.627. The summed E-state index contributed by atoms with van der Waals surface area (Å²) in [6, 6.07) is 0. The highest BCUT2D eigenvalue weighted by Crippen LogP contribution is 2.10. The molecule has 0 radical (unpaired) electrons. The Labute approximate surface area is 95.7 Å². The van der Waals surface area contributed by atoms with Crippen LogP contribution >= 0.6 is 0 Å². The summed E-state index contributed by atoms with van der Waals surface area (Å²) < 4.78 is 2.24. The molecule has 2 nitrogen and oxygen atoms in total. The Morgan fingerprint density at radius 2 is 1.60 bits per heavy atom. The Hall–Kier alpha value is -0.790. The Bertz CT molecular complexity index is 184. The van der Waals surface area contributed by atoms with Crippen molar-refractivity contribution in [2.24, 2.45) is 0 Å². The molecule has 0 spiro atoms. The Kier molecular flexibility index (Phi) is 14.6. The van der Waals surface area contributed by atoms with Gasteiger partial charge in [-0.3, -0.25) is 0 Å².